The Morgan fingerprint density at radius 3 is 2.19 bits per heavy atom. The van der Waals surface area contributed by atoms with E-state index in [2.05, 4.69) is 15.7 Å². The number of hydrogen-bond acceptors (Lipinski definition) is 4. The number of hydrazine groups is 1. The first-order valence-corrected chi connectivity index (χ1v) is 9.40. The molecule has 1 saturated heterocycles. The molecule has 0 spiro atoms. The molecule has 27 heavy (non-hydrogen) atoms. The summed E-state index contributed by atoms with van der Waals surface area (Å²) in [6.07, 6.45) is 3.47. The molecule has 2 aromatic carbocycles. The standard InChI is InChI=1S/C21H23N5O/c27-19(23-25-14-8-3-9-15-25)16-26-21(18-12-6-2-7-13-18)20(22-24-26)17-10-4-1-5-11-17/h1-2,4-7,10-13H,3,8-9,14-16H2,(H,23,27). The molecule has 6 heteroatoms. The maximum Gasteiger partial charge on any atom is 0.256 e. The number of carbonyl (C=O) groups is 1. The summed E-state index contributed by atoms with van der Waals surface area (Å²) in [5.74, 6) is -0.0707. The smallest absolute Gasteiger partial charge is 0.256 e. The molecule has 0 bridgehead atoms. The lowest BCUT2D eigenvalue weighted by Crippen LogP contribution is -2.46. The number of carbonyl (C=O) groups excluding carboxylic acids is 1. The van der Waals surface area contributed by atoms with E-state index in [-0.39, 0.29) is 12.5 Å². The van der Waals surface area contributed by atoms with E-state index in [0.717, 1.165) is 48.4 Å². The van der Waals surface area contributed by atoms with E-state index < -0.39 is 0 Å². The van der Waals surface area contributed by atoms with Gasteiger partial charge >= 0.3 is 0 Å². The highest BCUT2D eigenvalue weighted by molar-refractivity contribution is 5.80. The summed E-state index contributed by atoms with van der Waals surface area (Å²) >= 11 is 0. The number of nitrogens with zero attached hydrogens (tertiary/aromatic N) is 4. The minimum Gasteiger partial charge on any atom is -0.287 e. The number of nitrogens with one attached hydrogen (secondary N) is 1. The lowest BCUT2D eigenvalue weighted by molar-refractivity contribution is -0.127. The average Bonchev–Trinajstić information content (AvgIpc) is 3.13. The molecule has 0 radical (unpaired) electrons. The van der Waals surface area contributed by atoms with Gasteiger partial charge in [0.05, 0.1) is 5.69 Å². The van der Waals surface area contributed by atoms with Crippen LogP contribution in [0.1, 0.15) is 19.3 Å². The first-order chi connectivity index (χ1) is 13.3. The largest absolute Gasteiger partial charge is 0.287 e. The van der Waals surface area contributed by atoms with Gasteiger partial charge in [0.1, 0.15) is 12.2 Å². The fraction of sp³-hybridized carbons (Fsp3) is 0.286. The van der Waals surface area contributed by atoms with Crippen LogP contribution < -0.4 is 5.43 Å². The Hall–Kier alpha value is -2.99. The van der Waals surface area contributed by atoms with Crippen molar-refractivity contribution < 1.29 is 4.79 Å². The summed E-state index contributed by atoms with van der Waals surface area (Å²) in [5, 5.41) is 10.7. The number of benzene rings is 2. The summed E-state index contributed by atoms with van der Waals surface area (Å²) in [6.45, 7) is 1.95. The fourth-order valence-corrected chi connectivity index (χ4v) is 3.45. The first kappa shape index (κ1) is 17.4. The van der Waals surface area contributed by atoms with Gasteiger partial charge in [0.2, 0.25) is 0 Å². The van der Waals surface area contributed by atoms with Gasteiger partial charge in [-0.05, 0) is 12.8 Å². The van der Waals surface area contributed by atoms with Gasteiger partial charge in [0, 0.05) is 24.2 Å². The van der Waals surface area contributed by atoms with Crippen molar-refractivity contribution >= 4 is 5.91 Å². The lowest BCUT2D eigenvalue weighted by Gasteiger charge is -2.26. The molecule has 6 nitrogen and oxygen atoms in total. The van der Waals surface area contributed by atoms with Crippen LogP contribution in [0.15, 0.2) is 60.7 Å². The SMILES string of the molecule is O=C(Cn1nnc(-c2ccccc2)c1-c1ccccc1)NN1CCCCC1. The van der Waals surface area contributed by atoms with Crippen molar-refractivity contribution in [2.75, 3.05) is 13.1 Å². The van der Waals surface area contributed by atoms with Crippen molar-refractivity contribution in [2.45, 2.75) is 25.8 Å². The maximum atomic E-state index is 12.6. The van der Waals surface area contributed by atoms with Gasteiger partial charge in [-0.1, -0.05) is 72.3 Å². The summed E-state index contributed by atoms with van der Waals surface area (Å²) < 4.78 is 1.69. The van der Waals surface area contributed by atoms with Gasteiger partial charge in [0.15, 0.2) is 0 Å². The highest BCUT2D eigenvalue weighted by Crippen LogP contribution is 2.29. The zero-order chi connectivity index (χ0) is 18.5. The summed E-state index contributed by atoms with van der Waals surface area (Å²) in [6, 6.07) is 19.9. The molecule has 0 saturated carbocycles. The van der Waals surface area contributed by atoms with Crippen molar-refractivity contribution in [3.8, 4) is 22.5 Å². The van der Waals surface area contributed by atoms with Gasteiger partial charge < -0.3 is 0 Å². The second kappa shape index (κ2) is 8.14. The highest BCUT2D eigenvalue weighted by Gasteiger charge is 2.19. The number of hydrogen-bond donors (Lipinski definition) is 1. The summed E-state index contributed by atoms with van der Waals surface area (Å²) in [4.78, 5) is 12.6. The third kappa shape index (κ3) is 4.06. The van der Waals surface area contributed by atoms with Gasteiger partial charge in [-0.25, -0.2) is 9.69 Å². The molecule has 0 atom stereocenters. The van der Waals surface area contributed by atoms with Crippen LogP contribution in [0, 0.1) is 0 Å². The van der Waals surface area contributed by atoms with E-state index >= 15 is 0 Å². The molecule has 0 aliphatic carbocycles. The normalized spacial score (nSPS) is 14.8. The Balaban J connectivity index is 1.62. The molecular weight excluding hydrogens is 338 g/mol. The Labute approximate surface area is 158 Å². The van der Waals surface area contributed by atoms with Crippen molar-refractivity contribution in [3.63, 3.8) is 0 Å². The van der Waals surface area contributed by atoms with Crippen LogP contribution in [0.5, 0.6) is 0 Å². The zero-order valence-electron chi connectivity index (χ0n) is 15.2. The van der Waals surface area contributed by atoms with E-state index in [4.69, 9.17) is 0 Å². The second-order valence-electron chi connectivity index (χ2n) is 6.76. The summed E-state index contributed by atoms with van der Waals surface area (Å²) in [5.41, 5.74) is 6.62. The molecule has 1 aliphatic rings. The molecule has 1 aliphatic heterocycles. The third-order valence-corrected chi connectivity index (χ3v) is 4.76. The summed E-state index contributed by atoms with van der Waals surface area (Å²) in [7, 11) is 0. The van der Waals surface area contributed by atoms with Crippen LogP contribution in [-0.2, 0) is 11.3 Å². The van der Waals surface area contributed by atoms with Crippen LogP contribution in [0.2, 0.25) is 0 Å². The van der Waals surface area contributed by atoms with E-state index in [1.54, 1.807) is 4.68 Å². The molecule has 0 unspecified atom stereocenters. The fourth-order valence-electron chi connectivity index (χ4n) is 3.45. The predicted octanol–water partition coefficient (Wildman–Crippen LogP) is 3.13. The van der Waals surface area contributed by atoms with Crippen LogP contribution in [0.3, 0.4) is 0 Å². The van der Waals surface area contributed by atoms with E-state index in [1.165, 1.54) is 6.42 Å². The molecule has 3 aromatic rings. The Morgan fingerprint density at radius 2 is 1.52 bits per heavy atom. The maximum absolute atomic E-state index is 12.6. The molecular formula is C21H23N5O. The number of aromatic nitrogens is 3. The van der Waals surface area contributed by atoms with Crippen molar-refractivity contribution in [3.05, 3.63) is 60.7 Å². The van der Waals surface area contributed by atoms with Gasteiger partial charge in [-0.2, -0.15) is 0 Å². The van der Waals surface area contributed by atoms with E-state index in [0.29, 0.717) is 0 Å². The van der Waals surface area contributed by atoms with Gasteiger partial charge in [-0.15, -0.1) is 5.10 Å². The van der Waals surface area contributed by atoms with Crippen LogP contribution >= 0.6 is 0 Å². The molecule has 4 rings (SSSR count). The van der Waals surface area contributed by atoms with Crippen LogP contribution in [0.25, 0.3) is 22.5 Å². The molecule has 138 valence electrons. The van der Waals surface area contributed by atoms with Gasteiger partial charge in [0.25, 0.3) is 5.91 Å². The first-order valence-electron chi connectivity index (χ1n) is 9.40. The molecule has 1 aromatic heterocycles. The Bertz CT molecular complexity index is 885. The van der Waals surface area contributed by atoms with E-state index in [9.17, 15) is 4.79 Å². The monoisotopic (exact) mass is 361 g/mol. The van der Waals surface area contributed by atoms with Crippen LogP contribution in [-0.4, -0.2) is 39.0 Å². The second-order valence-corrected chi connectivity index (χ2v) is 6.76. The minimum absolute atomic E-state index is 0.0707. The predicted molar refractivity (Wildman–Crippen MR) is 104 cm³/mol. The third-order valence-electron chi connectivity index (χ3n) is 4.76. The van der Waals surface area contributed by atoms with Crippen molar-refractivity contribution in [2.24, 2.45) is 0 Å². The molecule has 1 amide bonds. The van der Waals surface area contributed by atoms with E-state index in [1.807, 2.05) is 65.7 Å². The van der Waals surface area contributed by atoms with Gasteiger partial charge in [-0.3, -0.25) is 10.2 Å². The number of rotatable bonds is 5. The van der Waals surface area contributed by atoms with Crippen molar-refractivity contribution in [1.29, 1.82) is 0 Å². The topological polar surface area (TPSA) is 63.1 Å². The zero-order valence-corrected chi connectivity index (χ0v) is 15.2. The van der Waals surface area contributed by atoms with Crippen molar-refractivity contribution in [1.82, 2.24) is 25.4 Å². The highest BCUT2D eigenvalue weighted by atomic mass is 16.2. The minimum atomic E-state index is -0.0707. The molecule has 1 fully saturated rings. The van der Waals surface area contributed by atoms with Crippen LogP contribution in [0.4, 0.5) is 0 Å². The Morgan fingerprint density at radius 1 is 0.889 bits per heavy atom. The molecule has 2 heterocycles. The lowest BCUT2D eigenvalue weighted by atomic mass is 10.0. The number of amides is 1. The molecule has 1 N–H and O–H groups in total. The Kier molecular flexibility index (Phi) is 5.25. The average molecular weight is 361 g/mol. The number of piperidine rings is 1. The quantitative estimate of drug-likeness (QED) is 0.758.